The van der Waals surface area contributed by atoms with Crippen molar-refractivity contribution in [2.75, 3.05) is 33.2 Å². The number of hydrogen-bond acceptors (Lipinski definition) is 5. The molecule has 0 aliphatic carbocycles. The van der Waals surface area contributed by atoms with Crippen molar-refractivity contribution in [1.29, 1.82) is 0 Å². The van der Waals surface area contributed by atoms with E-state index in [9.17, 15) is 9.59 Å². The molecular weight excluding hydrogens is 372 g/mol. The van der Waals surface area contributed by atoms with Crippen LogP contribution in [-0.4, -0.2) is 65.4 Å². The molecular formula is C21H30N4O2S. The Balaban J connectivity index is 1.55. The molecule has 1 atom stereocenters. The van der Waals surface area contributed by atoms with E-state index in [1.165, 1.54) is 9.60 Å². The predicted octanol–water partition coefficient (Wildman–Crippen LogP) is 2.85. The third kappa shape index (κ3) is 5.52. The van der Waals surface area contributed by atoms with Gasteiger partial charge in [-0.25, -0.2) is 4.98 Å². The van der Waals surface area contributed by atoms with Crippen LogP contribution >= 0.6 is 11.3 Å². The number of carbonyl (C=O) groups excluding carboxylic acids is 2. The molecule has 1 fully saturated rings. The molecule has 0 unspecified atom stereocenters. The van der Waals surface area contributed by atoms with Crippen LogP contribution in [0.5, 0.6) is 0 Å². The summed E-state index contributed by atoms with van der Waals surface area (Å²) in [5.74, 6) is 0.219. The van der Waals surface area contributed by atoms with E-state index in [-0.39, 0.29) is 23.9 Å². The molecule has 1 N–H and O–H groups in total. The molecule has 1 aliphatic heterocycles. The van der Waals surface area contributed by atoms with Crippen molar-refractivity contribution in [3.05, 3.63) is 29.3 Å². The highest BCUT2D eigenvalue weighted by atomic mass is 32.1. The first-order chi connectivity index (χ1) is 13.2. The molecule has 2 heterocycles. The fourth-order valence-electron chi connectivity index (χ4n) is 3.54. The lowest BCUT2D eigenvalue weighted by molar-refractivity contribution is -0.136. The number of carbonyl (C=O) groups is 2. The lowest BCUT2D eigenvalue weighted by atomic mass is 9.99. The Kier molecular flexibility index (Phi) is 6.35. The van der Waals surface area contributed by atoms with E-state index < -0.39 is 0 Å². The second-order valence-electron chi connectivity index (χ2n) is 8.64. The summed E-state index contributed by atoms with van der Waals surface area (Å²) in [7, 11) is 1.69. The van der Waals surface area contributed by atoms with Gasteiger partial charge in [-0.2, -0.15) is 0 Å². The van der Waals surface area contributed by atoms with E-state index in [0.29, 0.717) is 12.5 Å². The number of piperidine rings is 1. The average Bonchev–Trinajstić information content (AvgIpc) is 3.04. The van der Waals surface area contributed by atoms with Gasteiger partial charge >= 0.3 is 0 Å². The number of aromatic nitrogens is 1. The van der Waals surface area contributed by atoms with Crippen molar-refractivity contribution in [3.63, 3.8) is 0 Å². The van der Waals surface area contributed by atoms with Crippen LogP contribution in [0.2, 0.25) is 0 Å². The lowest BCUT2D eigenvalue weighted by Crippen LogP contribution is -2.48. The first-order valence-corrected chi connectivity index (χ1v) is 10.7. The van der Waals surface area contributed by atoms with Gasteiger partial charge in [0.05, 0.1) is 28.3 Å². The highest BCUT2D eigenvalue weighted by Crippen LogP contribution is 2.32. The first-order valence-electron chi connectivity index (χ1n) is 9.84. The fourth-order valence-corrected chi connectivity index (χ4v) is 4.63. The molecule has 6 nitrogen and oxygen atoms in total. The quantitative estimate of drug-likeness (QED) is 0.835. The maximum absolute atomic E-state index is 12.6. The summed E-state index contributed by atoms with van der Waals surface area (Å²) in [5, 5.41) is 4.06. The maximum atomic E-state index is 12.6. The molecule has 2 amide bonds. The number of para-hydroxylation sites is 1. The summed E-state index contributed by atoms with van der Waals surface area (Å²) in [6, 6.07) is 8.22. The van der Waals surface area contributed by atoms with Crippen molar-refractivity contribution < 1.29 is 9.59 Å². The normalized spacial score (nSPS) is 18.2. The Hall–Kier alpha value is -1.99. The summed E-state index contributed by atoms with van der Waals surface area (Å²) in [6.07, 6.45) is 2.16. The number of rotatable bonds is 5. The van der Waals surface area contributed by atoms with Gasteiger partial charge in [0.15, 0.2) is 0 Å². The monoisotopic (exact) mass is 402 g/mol. The molecule has 1 saturated heterocycles. The van der Waals surface area contributed by atoms with Gasteiger partial charge in [-0.1, -0.05) is 12.1 Å². The molecule has 0 spiro atoms. The Morgan fingerprint density at radius 3 is 2.79 bits per heavy atom. The third-order valence-corrected chi connectivity index (χ3v) is 6.04. The fraction of sp³-hybridized carbons (Fsp3) is 0.571. The van der Waals surface area contributed by atoms with E-state index in [0.717, 1.165) is 36.5 Å². The van der Waals surface area contributed by atoms with Crippen LogP contribution < -0.4 is 5.32 Å². The van der Waals surface area contributed by atoms with Crippen molar-refractivity contribution in [2.24, 2.45) is 0 Å². The highest BCUT2D eigenvalue weighted by Gasteiger charge is 2.26. The van der Waals surface area contributed by atoms with Gasteiger partial charge in [0.25, 0.3) is 0 Å². The number of nitrogens with one attached hydrogen (secondary N) is 1. The number of amides is 2. The molecule has 2 aromatic rings. The van der Waals surface area contributed by atoms with Crippen LogP contribution in [0.3, 0.4) is 0 Å². The average molecular weight is 403 g/mol. The van der Waals surface area contributed by atoms with Crippen LogP contribution in [0.1, 0.15) is 44.5 Å². The molecule has 0 saturated carbocycles. The first kappa shape index (κ1) is 20.7. The zero-order valence-electron chi connectivity index (χ0n) is 17.2. The minimum Gasteiger partial charge on any atom is -0.350 e. The SMILES string of the molecule is CN(CC(=O)NC(C)(C)C)C(=O)CN1CCC[C@@H](c2nc3ccccc3s2)C1. The Bertz CT molecular complexity index is 809. The second-order valence-corrected chi connectivity index (χ2v) is 9.70. The van der Waals surface area contributed by atoms with E-state index in [1.54, 1.807) is 18.4 Å². The zero-order valence-corrected chi connectivity index (χ0v) is 18.0. The van der Waals surface area contributed by atoms with Crippen molar-refractivity contribution in [2.45, 2.75) is 45.1 Å². The lowest BCUT2D eigenvalue weighted by Gasteiger charge is -2.32. The number of thiazole rings is 1. The van der Waals surface area contributed by atoms with Gasteiger partial charge in [-0.3, -0.25) is 14.5 Å². The predicted molar refractivity (Wildman–Crippen MR) is 114 cm³/mol. The Morgan fingerprint density at radius 2 is 2.07 bits per heavy atom. The van der Waals surface area contributed by atoms with E-state index in [2.05, 4.69) is 22.3 Å². The van der Waals surface area contributed by atoms with E-state index in [1.807, 2.05) is 32.9 Å². The number of nitrogens with zero attached hydrogens (tertiary/aromatic N) is 3. The zero-order chi connectivity index (χ0) is 20.3. The van der Waals surface area contributed by atoms with Crippen molar-refractivity contribution in [1.82, 2.24) is 20.1 Å². The molecule has 1 aromatic carbocycles. The molecule has 0 bridgehead atoms. The summed E-state index contributed by atoms with van der Waals surface area (Å²) in [4.78, 5) is 33.2. The summed E-state index contributed by atoms with van der Waals surface area (Å²) < 4.78 is 1.22. The smallest absolute Gasteiger partial charge is 0.240 e. The molecule has 28 heavy (non-hydrogen) atoms. The van der Waals surface area contributed by atoms with Gasteiger partial charge in [0.2, 0.25) is 11.8 Å². The number of likely N-dealkylation sites (tertiary alicyclic amines) is 1. The number of hydrogen-bond donors (Lipinski definition) is 1. The standard InChI is InChI=1S/C21H30N4O2S/c1-21(2,3)23-18(26)13-24(4)19(27)14-25-11-7-8-15(12-25)20-22-16-9-5-6-10-17(16)28-20/h5-6,9-10,15H,7-8,11-14H2,1-4H3,(H,23,26)/t15-/m1/s1. The molecule has 1 aromatic heterocycles. The number of fused-ring (bicyclic) bond motifs is 1. The van der Waals surface area contributed by atoms with Crippen LogP contribution in [0.15, 0.2) is 24.3 Å². The van der Waals surface area contributed by atoms with Crippen LogP contribution in [0, 0.1) is 0 Å². The number of likely N-dealkylation sites (N-methyl/N-ethyl adjacent to an activating group) is 1. The van der Waals surface area contributed by atoms with E-state index >= 15 is 0 Å². The van der Waals surface area contributed by atoms with Crippen molar-refractivity contribution in [3.8, 4) is 0 Å². The summed E-state index contributed by atoms with van der Waals surface area (Å²) in [6.45, 7) is 7.99. The summed E-state index contributed by atoms with van der Waals surface area (Å²) in [5.41, 5.74) is 0.762. The topological polar surface area (TPSA) is 65.5 Å². The maximum Gasteiger partial charge on any atom is 0.240 e. The van der Waals surface area contributed by atoms with Crippen molar-refractivity contribution >= 4 is 33.4 Å². The minimum atomic E-state index is -0.293. The second kappa shape index (κ2) is 8.57. The minimum absolute atomic E-state index is 0.0194. The molecule has 7 heteroatoms. The van der Waals surface area contributed by atoms with E-state index in [4.69, 9.17) is 4.98 Å². The van der Waals surface area contributed by atoms with Gasteiger partial charge in [0, 0.05) is 25.0 Å². The Morgan fingerprint density at radius 1 is 1.32 bits per heavy atom. The molecule has 0 radical (unpaired) electrons. The van der Waals surface area contributed by atoms with Gasteiger partial charge in [-0.15, -0.1) is 11.3 Å². The highest BCUT2D eigenvalue weighted by molar-refractivity contribution is 7.18. The Labute approximate surface area is 170 Å². The van der Waals surface area contributed by atoms with Crippen LogP contribution in [0.4, 0.5) is 0 Å². The largest absolute Gasteiger partial charge is 0.350 e. The molecule has 1 aliphatic rings. The van der Waals surface area contributed by atoms with Gasteiger partial charge in [0.1, 0.15) is 0 Å². The molecule has 3 rings (SSSR count). The van der Waals surface area contributed by atoms with Crippen LogP contribution in [0.25, 0.3) is 10.2 Å². The summed E-state index contributed by atoms with van der Waals surface area (Å²) >= 11 is 1.76. The third-order valence-electron chi connectivity index (χ3n) is 4.84. The van der Waals surface area contributed by atoms with Crippen LogP contribution in [-0.2, 0) is 9.59 Å². The molecule has 152 valence electrons. The van der Waals surface area contributed by atoms with Gasteiger partial charge in [-0.05, 0) is 52.3 Å². The van der Waals surface area contributed by atoms with Gasteiger partial charge < -0.3 is 10.2 Å². The number of benzene rings is 1.